The van der Waals surface area contributed by atoms with Crippen molar-refractivity contribution in [1.82, 2.24) is 0 Å². The average Bonchev–Trinajstić information content (AvgIpc) is 2.39. The second-order valence-electron chi connectivity index (χ2n) is 3.43. The Bertz CT molecular complexity index is 223. The SMILES string of the molecule is C#CCOC1CCCCCC1C#N. The van der Waals surface area contributed by atoms with Crippen molar-refractivity contribution in [3.63, 3.8) is 0 Å². The summed E-state index contributed by atoms with van der Waals surface area (Å²) in [6, 6.07) is 2.31. The molecule has 1 saturated carbocycles. The highest BCUT2D eigenvalue weighted by molar-refractivity contribution is 4.92. The molecule has 0 heterocycles. The summed E-state index contributed by atoms with van der Waals surface area (Å²) >= 11 is 0. The van der Waals surface area contributed by atoms with E-state index in [1.807, 2.05) is 0 Å². The molecule has 2 unspecified atom stereocenters. The van der Waals surface area contributed by atoms with Crippen LogP contribution in [0.4, 0.5) is 0 Å². The maximum Gasteiger partial charge on any atom is 0.107 e. The third-order valence-electron chi connectivity index (χ3n) is 2.50. The maximum absolute atomic E-state index is 8.90. The molecule has 1 aliphatic carbocycles. The van der Waals surface area contributed by atoms with E-state index in [1.165, 1.54) is 6.42 Å². The van der Waals surface area contributed by atoms with Crippen LogP contribution in [0.2, 0.25) is 0 Å². The van der Waals surface area contributed by atoms with Gasteiger partial charge in [-0.2, -0.15) is 5.26 Å². The van der Waals surface area contributed by atoms with E-state index in [1.54, 1.807) is 0 Å². The van der Waals surface area contributed by atoms with E-state index in [4.69, 9.17) is 16.4 Å². The van der Waals surface area contributed by atoms with E-state index in [2.05, 4.69) is 12.0 Å². The van der Waals surface area contributed by atoms with Gasteiger partial charge in [0.15, 0.2) is 0 Å². The van der Waals surface area contributed by atoms with Crippen LogP contribution in [0.3, 0.4) is 0 Å². The predicted molar refractivity (Wildman–Crippen MR) is 50.8 cm³/mol. The van der Waals surface area contributed by atoms with Crippen LogP contribution in [-0.2, 0) is 4.74 Å². The van der Waals surface area contributed by atoms with Crippen molar-refractivity contribution in [3.8, 4) is 18.4 Å². The van der Waals surface area contributed by atoms with Gasteiger partial charge < -0.3 is 4.74 Å². The second kappa shape index (κ2) is 5.62. The normalized spacial score (nSPS) is 28.5. The first kappa shape index (κ1) is 10.1. The van der Waals surface area contributed by atoms with Crippen molar-refractivity contribution in [2.45, 2.75) is 38.2 Å². The monoisotopic (exact) mass is 177 g/mol. The van der Waals surface area contributed by atoms with Gasteiger partial charge in [-0.25, -0.2) is 0 Å². The molecule has 13 heavy (non-hydrogen) atoms. The zero-order valence-electron chi connectivity index (χ0n) is 7.83. The zero-order chi connectivity index (χ0) is 9.52. The lowest BCUT2D eigenvalue weighted by Gasteiger charge is -2.18. The van der Waals surface area contributed by atoms with E-state index in [0.717, 1.165) is 25.7 Å². The van der Waals surface area contributed by atoms with Gasteiger partial charge >= 0.3 is 0 Å². The molecule has 70 valence electrons. The van der Waals surface area contributed by atoms with Gasteiger partial charge in [-0.3, -0.25) is 0 Å². The smallest absolute Gasteiger partial charge is 0.107 e. The maximum atomic E-state index is 8.90. The van der Waals surface area contributed by atoms with Gasteiger partial charge in [0, 0.05) is 0 Å². The molecular weight excluding hydrogens is 162 g/mol. The Labute approximate surface area is 79.9 Å². The molecule has 0 aliphatic heterocycles. The first-order valence-electron chi connectivity index (χ1n) is 4.83. The average molecular weight is 177 g/mol. The van der Waals surface area contributed by atoms with Gasteiger partial charge in [0.1, 0.15) is 6.61 Å². The summed E-state index contributed by atoms with van der Waals surface area (Å²) in [5.74, 6) is 2.50. The lowest BCUT2D eigenvalue weighted by atomic mass is 9.99. The van der Waals surface area contributed by atoms with Crippen molar-refractivity contribution >= 4 is 0 Å². The van der Waals surface area contributed by atoms with Gasteiger partial charge in [-0.05, 0) is 12.8 Å². The Morgan fingerprint density at radius 1 is 1.31 bits per heavy atom. The summed E-state index contributed by atoms with van der Waals surface area (Å²) in [7, 11) is 0. The van der Waals surface area contributed by atoms with Gasteiger partial charge in [0.25, 0.3) is 0 Å². The third-order valence-corrected chi connectivity index (χ3v) is 2.50. The standard InChI is InChI=1S/C11H15NO/c1-2-8-13-11-7-5-3-4-6-10(11)9-12/h1,10-11H,3-8H2. The summed E-state index contributed by atoms with van der Waals surface area (Å²) in [5.41, 5.74) is 0. The summed E-state index contributed by atoms with van der Waals surface area (Å²) in [6.07, 6.45) is 10.7. The van der Waals surface area contributed by atoms with Gasteiger partial charge in [0.05, 0.1) is 18.1 Å². The lowest BCUT2D eigenvalue weighted by molar-refractivity contribution is 0.0445. The van der Waals surface area contributed by atoms with Crippen LogP contribution in [0.15, 0.2) is 0 Å². The molecule has 0 radical (unpaired) electrons. The Morgan fingerprint density at radius 2 is 2.08 bits per heavy atom. The number of nitrogens with zero attached hydrogens (tertiary/aromatic N) is 1. The second-order valence-corrected chi connectivity index (χ2v) is 3.43. The minimum absolute atomic E-state index is 0.0517. The first-order chi connectivity index (χ1) is 6.38. The van der Waals surface area contributed by atoms with Crippen LogP contribution in [0.5, 0.6) is 0 Å². The van der Waals surface area contributed by atoms with Crippen LogP contribution < -0.4 is 0 Å². The molecule has 0 amide bonds. The highest BCUT2D eigenvalue weighted by Crippen LogP contribution is 2.25. The fourth-order valence-corrected chi connectivity index (χ4v) is 1.78. The van der Waals surface area contributed by atoms with Crippen LogP contribution in [0.1, 0.15) is 32.1 Å². The minimum Gasteiger partial charge on any atom is -0.364 e. The van der Waals surface area contributed by atoms with E-state index < -0.39 is 0 Å². The molecule has 1 fully saturated rings. The summed E-state index contributed by atoms with van der Waals surface area (Å²) in [6.45, 7) is 0.336. The molecule has 0 aromatic heterocycles. The Hall–Kier alpha value is -0.990. The zero-order valence-corrected chi connectivity index (χ0v) is 7.83. The minimum atomic E-state index is 0.0517. The van der Waals surface area contributed by atoms with Crippen molar-refractivity contribution < 1.29 is 4.74 Å². The van der Waals surface area contributed by atoms with Crippen LogP contribution in [0, 0.1) is 29.6 Å². The number of terminal acetylenes is 1. The number of rotatable bonds is 2. The Balaban J connectivity index is 2.46. The molecule has 2 atom stereocenters. The Kier molecular flexibility index (Phi) is 4.36. The van der Waals surface area contributed by atoms with Gasteiger partial charge in [0.2, 0.25) is 0 Å². The largest absolute Gasteiger partial charge is 0.364 e. The van der Waals surface area contributed by atoms with Crippen molar-refractivity contribution in [1.29, 1.82) is 5.26 Å². The van der Waals surface area contributed by atoms with E-state index in [0.29, 0.717) is 6.61 Å². The molecule has 0 aromatic carbocycles. The number of nitriles is 1. The van der Waals surface area contributed by atoms with Crippen LogP contribution >= 0.6 is 0 Å². The summed E-state index contributed by atoms with van der Waals surface area (Å²) in [4.78, 5) is 0. The van der Waals surface area contributed by atoms with E-state index in [-0.39, 0.29) is 12.0 Å². The molecule has 1 aliphatic rings. The summed E-state index contributed by atoms with van der Waals surface area (Å²) < 4.78 is 5.46. The van der Waals surface area contributed by atoms with Crippen molar-refractivity contribution in [2.24, 2.45) is 5.92 Å². The van der Waals surface area contributed by atoms with E-state index >= 15 is 0 Å². The quantitative estimate of drug-likeness (QED) is 0.478. The molecule has 0 spiro atoms. The van der Waals surface area contributed by atoms with Crippen molar-refractivity contribution in [2.75, 3.05) is 6.61 Å². The molecule has 0 bridgehead atoms. The fraction of sp³-hybridized carbons (Fsp3) is 0.727. The van der Waals surface area contributed by atoms with Gasteiger partial charge in [-0.1, -0.05) is 25.2 Å². The van der Waals surface area contributed by atoms with Gasteiger partial charge in [-0.15, -0.1) is 6.42 Å². The summed E-state index contributed by atoms with van der Waals surface area (Å²) in [5, 5.41) is 8.90. The van der Waals surface area contributed by atoms with E-state index in [9.17, 15) is 0 Å². The highest BCUT2D eigenvalue weighted by atomic mass is 16.5. The number of ether oxygens (including phenoxy) is 1. The topological polar surface area (TPSA) is 33.0 Å². The third kappa shape index (κ3) is 3.09. The number of hydrogen-bond donors (Lipinski definition) is 0. The van der Waals surface area contributed by atoms with Crippen LogP contribution in [-0.4, -0.2) is 12.7 Å². The molecule has 0 N–H and O–H groups in total. The first-order valence-corrected chi connectivity index (χ1v) is 4.83. The van der Waals surface area contributed by atoms with Crippen molar-refractivity contribution in [3.05, 3.63) is 0 Å². The van der Waals surface area contributed by atoms with Crippen LogP contribution in [0.25, 0.3) is 0 Å². The highest BCUT2D eigenvalue weighted by Gasteiger charge is 2.23. The molecule has 2 heteroatoms. The predicted octanol–water partition coefficient (Wildman–Crippen LogP) is 2.11. The molecule has 2 nitrogen and oxygen atoms in total. The number of hydrogen-bond acceptors (Lipinski definition) is 2. The molecular formula is C11H15NO. The molecule has 0 aromatic rings. The fourth-order valence-electron chi connectivity index (χ4n) is 1.78. The lowest BCUT2D eigenvalue weighted by Crippen LogP contribution is -2.21. The molecule has 0 saturated heterocycles. The Morgan fingerprint density at radius 3 is 2.77 bits per heavy atom. The molecule has 1 rings (SSSR count).